The average Bonchev–Trinajstić information content (AvgIpc) is 3.65. The van der Waals surface area contributed by atoms with Gasteiger partial charge in [-0.05, 0) is 80.7 Å². The zero-order valence-electron chi connectivity index (χ0n) is 24.1. The molecule has 0 radical (unpaired) electrons. The average molecular weight is 562 g/mol. The minimum atomic E-state index is -0.866. The van der Waals surface area contributed by atoms with Gasteiger partial charge in [-0.2, -0.15) is 0 Å². The smallest absolute Gasteiger partial charge is 0.411 e. The summed E-state index contributed by atoms with van der Waals surface area (Å²) >= 11 is 0. The number of benzene rings is 2. The molecule has 1 saturated carbocycles. The van der Waals surface area contributed by atoms with Crippen LogP contribution in [-0.4, -0.2) is 58.4 Å². The summed E-state index contributed by atoms with van der Waals surface area (Å²) in [6, 6.07) is 14.6. The Balaban J connectivity index is 1.23. The van der Waals surface area contributed by atoms with E-state index in [1.807, 2.05) is 24.3 Å². The Morgan fingerprint density at radius 1 is 1.10 bits per heavy atom. The van der Waals surface area contributed by atoms with Gasteiger partial charge < -0.3 is 10.5 Å². The van der Waals surface area contributed by atoms with Gasteiger partial charge in [0.25, 0.3) is 0 Å². The second-order valence-corrected chi connectivity index (χ2v) is 12.7. The molecule has 2 amide bonds. The fourth-order valence-electron chi connectivity index (χ4n) is 6.58. The van der Waals surface area contributed by atoms with Gasteiger partial charge in [-0.25, -0.2) is 9.18 Å². The third-order valence-corrected chi connectivity index (χ3v) is 8.50. The SMILES string of the molecule is CC(C)(C)OC(=O)N1[C@@H]2CC[C@@H](C2)[C@H]1C(=O)C[C@@H](Cc1ccc(C2=CCN(Cc3ccccc3)C2)cc1F)C(N)=O. The molecule has 5 rings (SSSR count). The van der Waals surface area contributed by atoms with E-state index in [0.717, 1.165) is 50.0 Å². The number of rotatable bonds is 9. The van der Waals surface area contributed by atoms with Gasteiger partial charge >= 0.3 is 6.09 Å². The summed E-state index contributed by atoms with van der Waals surface area (Å²) in [5.41, 5.74) is 8.48. The first-order valence-electron chi connectivity index (χ1n) is 14.6. The number of hydrogen-bond donors (Lipinski definition) is 1. The number of carbonyl (C=O) groups is 3. The van der Waals surface area contributed by atoms with E-state index in [2.05, 4.69) is 23.1 Å². The molecule has 3 aliphatic rings. The van der Waals surface area contributed by atoms with Crippen molar-refractivity contribution in [3.63, 3.8) is 0 Å². The van der Waals surface area contributed by atoms with Crippen molar-refractivity contribution < 1.29 is 23.5 Å². The van der Waals surface area contributed by atoms with Gasteiger partial charge in [-0.15, -0.1) is 0 Å². The number of ether oxygens (including phenoxy) is 1. The van der Waals surface area contributed by atoms with Crippen molar-refractivity contribution in [2.45, 2.75) is 77.1 Å². The second kappa shape index (κ2) is 11.8. The van der Waals surface area contributed by atoms with Crippen molar-refractivity contribution in [1.29, 1.82) is 0 Å². The van der Waals surface area contributed by atoms with Crippen LogP contribution < -0.4 is 5.73 Å². The third kappa shape index (κ3) is 6.70. The maximum atomic E-state index is 15.3. The number of fused-ring (bicyclic) bond motifs is 2. The molecule has 2 aromatic rings. The lowest BCUT2D eigenvalue weighted by atomic mass is 9.86. The molecular formula is C33H40FN3O4. The highest BCUT2D eigenvalue weighted by molar-refractivity contribution is 5.92. The van der Waals surface area contributed by atoms with Gasteiger partial charge in [0.1, 0.15) is 11.4 Å². The molecule has 218 valence electrons. The number of ketones is 1. The first-order chi connectivity index (χ1) is 19.5. The molecular weight excluding hydrogens is 521 g/mol. The number of Topliss-reactive ketones (excluding diaryl/α,β-unsaturated/α-hetero) is 1. The fraction of sp³-hybridized carbons (Fsp3) is 0.485. The lowest BCUT2D eigenvalue weighted by Crippen LogP contribution is -2.51. The number of nitrogens with two attached hydrogens (primary N) is 1. The van der Waals surface area contributed by atoms with E-state index in [4.69, 9.17) is 10.5 Å². The molecule has 8 heteroatoms. The van der Waals surface area contributed by atoms with Crippen molar-refractivity contribution >= 4 is 23.4 Å². The van der Waals surface area contributed by atoms with Gasteiger partial charge in [0, 0.05) is 38.0 Å². The molecule has 1 aliphatic carbocycles. The monoisotopic (exact) mass is 561 g/mol. The molecule has 1 saturated heterocycles. The Hall–Kier alpha value is -3.52. The standard InChI is InChI=1S/C33H40FN3O4/c1-33(2,3)41-32(40)37-27-12-11-24(16-27)30(37)29(38)18-26(31(35)39)15-23-10-9-22(17-28(23)34)25-13-14-36(20-25)19-21-7-5-4-6-8-21/h4-10,13,17,24,26-27,30H,11-12,14-16,18-20H2,1-3H3,(H2,35,39)/t24-,26+,27+,30-/m0/s1. The molecule has 2 aromatic carbocycles. The van der Waals surface area contributed by atoms with Crippen molar-refractivity contribution in [3.8, 4) is 0 Å². The number of carbonyl (C=O) groups excluding carboxylic acids is 3. The number of nitrogens with zero attached hydrogens (tertiary/aromatic N) is 2. The van der Waals surface area contributed by atoms with Crippen LogP contribution in [0.2, 0.25) is 0 Å². The summed E-state index contributed by atoms with van der Waals surface area (Å²) in [7, 11) is 0. The number of halogens is 1. The molecule has 0 spiro atoms. The molecule has 4 atom stereocenters. The molecule has 0 aromatic heterocycles. The molecule has 2 bridgehead atoms. The predicted octanol–water partition coefficient (Wildman–Crippen LogP) is 5.12. The normalized spacial score (nSPS) is 23.0. The summed E-state index contributed by atoms with van der Waals surface area (Å²) < 4.78 is 20.9. The van der Waals surface area contributed by atoms with E-state index in [-0.39, 0.29) is 30.6 Å². The van der Waals surface area contributed by atoms with E-state index in [1.165, 1.54) is 11.6 Å². The number of amides is 2. The highest BCUT2D eigenvalue weighted by Crippen LogP contribution is 2.44. The van der Waals surface area contributed by atoms with Crippen LogP contribution in [0.1, 0.15) is 63.1 Å². The quantitative estimate of drug-likeness (QED) is 0.459. The van der Waals surface area contributed by atoms with Gasteiger partial charge in [0.2, 0.25) is 5.91 Å². The molecule has 2 heterocycles. The first-order valence-corrected chi connectivity index (χ1v) is 14.6. The second-order valence-electron chi connectivity index (χ2n) is 12.7. The van der Waals surface area contributed by atoms with Crippen LogP contribution in [0.3, 0.4) is 0 Å². The van der Waals surface area contributed by atoms with E-state index in [9.17, 15) is 14.4 Å². The van der Waals surface area contributed by atoms with E-state index in [1.54, 1.807) is 31.7 Å². The minimum absolute atomic E-state index is 0.0274. The molecule has 2 aliphatic heterocycles. The van der Waals surface area contributed by atoms with E-state index >= 15 is 4.39 Å². The number of primary amides is 1. The number of hydrogen-bond acceptors (Lipinski definition) is 5. The van der Waals surface area contributed by atoms with Crippen molar-refractivity contribution in [1.82, 2.24) is 9.80 Å². The highest BCUT2D eigenvalue weighted by atomic mass is 19.1. The Labute approximate surface area is 241 Å². The molecule has 2 fully saturated rings. The largest absolute Gasteiger partial charge is 0.444 e. The zero-order valence-corrected chi connectivity index (χ0v) is 24.1. The Kier molecular flexibility index (Phi) is 8.32. The van der Waals surface area contributed by atoms with Crippen LogP contribution in [0.4, 0.5) is 9.18 Å². The Bertz CT molecular complexity index is 1340. The maximum Gasteiger partial charge on any atom is 0.411 e. The van der Waals surface area contributed by atoms with E-state index in [0.29, 0.717) is 5.56 Å². The van der Waals surface area contributed by atoms with Gasteiger partial charge in [-0.1, -0.05) is 48.5 Å². The molecule has 0 unspecified atom stereocenters. The van der Waals surface area contributed by atoms with Crippen molar-refractivity contribution in [3.05, 3.63) is 77.1 Å². The van der Waals surface area contributed by atoms with Crippen LogP contribution in [0.15, 0.2) is 54.6 Å². The molecule has 2 N–H and O–H groups in total. The van der Waals surface area contributed by atoms with Crippen LogP contribution in [-0.2, 0) is 27.3 Å². The zero-order chi connectivity index (χ0) is 29.3. The fourth-order valence-corrected chi connectivity index (χ4v) is 6.58. The third-order valence-electron chi connectivity index (χ3n) is 8.50. The Morgan fingerprint density at radius 2 is 1.85 bits per heavy atom. The molecule has 41 heavy (non-hydrogen) atoms. The highest BCUT2D eigenvalue weighted by Gasteiger charge is 2.52. The minimum Gasteiger partial charge on any atom is -0.444 e. The summed E-state index contributed by atoms with van der Waals surface area (Å²) in [5, 5.41) is 0. The van der Waals surface area contributed by atoms with Gasteiger partial charge in [0.15, 0.2) is 5.78 Å². The first kappa shape index (κ1) is 29.0. The lowest BCUT2D eigenvalue weighted by Gasteiger charge is -2.36. The van der Waals surface area contributed by atoms with Crippen molar-refractivity contribution in [2.75, 3.05) is 13.1 Å². The van der Waals surface area contributed by atoms with Crippen molar-refractivity contribution in [2.24, 2.45) is 17.6 Å². The van der Waals surface area contributed by atoms with Gasteiger partial charge in [0.05, 0.1) is 6.04 Å². The van der Waals surface area contributed by atoms with Gasteiger partial charge in [-0.3, -0.25) is 19.4 Å². The summed E-state index contributed by atoms with van der Waals surface area (Å²) in [5.74, 6) is -2.10. The Morgan fingerprint density at radius 3 is 2.54 bits per heavy atom. The maximum absolute atomic E-state index is 15.3. The van der Waals surface area contributed by atoms with Crippen LogP contribution in [0, 0.1) is 17.7 Å². The summed E-state index contributed by atoms with van der Waals surface area (Å²) in [6.07, 6.45) is 3.97. The van der Waals surface area contributed by atoms with Crippen LogP contribution in [0.25, 0.3) is 5.57 Å². The number of likely N-dealkylation sites (tertiary alicyclic amines) is 1. The van der Waals surface area contributed by atoms with Crippen LogP contribution >= 0.6 is 0 Å². The summed E-state index contributed by atoms with van der Waals surface area (Å²) in [6.45, 7) is 7.73. The van der Waals surface area contributed by atoms with E-state index < -0.39 is 35.4 Å². The number of piperidine rings is 1. The summed E-state index contributed by atoms with van der Waals surface area (Å²) in [4.78, 5) is 42.8. The topological polar surface area (TPSA) is 92.9 Å². The predicted molar refractivity (Wildman–Crippen MR) is 155 cm³/mol. The molecule has 7 nitrogen and oxygen atoms in total. The lowest BCUT2D eigenvalue weighted by molar-refractivity contribution is -0.131. The van der Waals surface area contributed by atoms with Crippen LogP contribution in [0.5, 0.6) is 0 Å².